The Balaban J connectivity index is 1.96. The maximum absolute atomic E-state index is 10.4. The zero-order valence-electron chi connectivity index (χ0n) is 12.7. The van der Waals surface area contributed by atoms with Crippen LogP contribution in [0.15, 0.2) is 0 Å². The molecule has 112 valence electrons. The lowest BCUT2D eigenvalue weighted by Crippen LogP contribution is -2.31. The highest BCUT2D eigenvalue weighted by atomic mass is 32.1. The molecule has 3 nitrogen and oxygen atoms in total. The summed E-state index contributed by atoms with van der Waals surface area (Å²) in [6.07, 6.45) is 7.31. The summed E-state index contributed by atoms with van der Waals surface area (Å²) < 4.78 is 5.90. The third-order valence-corrected chi connectivity index (χ3v) is 6.25. The predicted octanol–water partition coefficient (Wildman–Crippen LogP) is 3.95. The normalized spacial score (nSPS) is 28.1. The lowest BCUT2D eigenvalue weighted by atomic mass is 9.77. The van der Waals surface area contributed by atoms with Crippen LogP contribution in [-0.2, 0) is 16.8 Å². The van der Waals surface area contributed by atoms with Crippen molar-refractivity contribution in [2.45, 2.75) is 70.5 Å². The number of hydrogen-bond acceptors (Lipinski definition) is 4. The van der Waals surface area contributed by atoms with E-state index in [4.69, 9.17) is 9.72 Å². The molecule has 0 amide bonds. The van der Waals surface area contributed by atoms with Gasteiger partial charge in [-0.3, -0.25) is 0 Å². The van der Waals surface area contributed by atoms with E-state index in [0.717, 1.165) is 41.3 Å². The maximum Gasteiger partial charge on any atom is 0.125 e. The van der Waals surface area contributed by atoms with Crippen LogP contribution in [0.1, 0.15) is 74.1 Å². The highest BCUT2D eigenvalue weighted by Gasteiger charge is 2.40. The van der Waals surface area contributed by atoms with Gasteiger partial charge in [-0.25, -0.2) is 4.98 Å². The molecule has 1 saturated carbocycles. The number of fused-ring (bicyclic) bond motifs is 1. The van der Waals surface area contributed by atoms with Crippen LogP contribution < -0.4 is 0 Å². The highest BCUT2D eigenvalue weighted by molar-refractivity contribution is 7.12. The molecule has 1 aromatic rings. The second kappa shape index (κ2) is 5.08. The summed E-state index contributed by atoms with van der Waals surface area (Å²) in [4.78, 5) is 5.98. The van der Waals surface area contributed by atoms with Crippen LogP contribution in [0, 0.1) is 5.41 Å². The second-order valence-electron chi connectivity index (χ2n) is 7.15. The topological polar surface area (TPSA) is 42.4 Å². The van der Waals surface area contributed by atoms with E-state index in [2.05, 4.69) is 13.8 Å². The third kappa shape index (κ3) is 2.42. The maximum atomic E-state index is 10.4. The molecule has 1 fully saturated rings. The van der Waals surface area contributed by atoms with Gasteiger partial charge in [0.1, 0.15) is 10.6 Å². The molecule has 1 unspecified atom stereocenters. The van der Waals surface area contributed by atoms with Gasteiger partial charge in [-0.05, 0) is 31.1 Å². The molecule has 0 aromatic carbocycles. The zero-order chi connectivity index (χ0) is 14.4. The van der Waals surface area contributed by atoms with Gasteiger partial charge in [0.2, 0.25) is 0 Å². The van der Waals surface area contributed by atoms with Crippen molar-refractivity contribution in [3.8, 4) is 0 Å². The minimum Gasteiger partial charge on any atom is -0.387 e. The lowest BCUT2D eigenvalue weighted by molar-refractivity contribution is -0.0447. The molecule has 1 heterocycles. The van der Waals surface area contributed by atoms with Crippen molar-refractivity contribution in [3.63, 3.8) is 0 Å². The summed E-state index contributed by atoms with van der Waals surface area (Å²) in [5.41, 5.74) is 1.06. The number of methoxy groups -OCH3 is 1. The predicted molar refractivity (Wildman–Crippen MR) is 80.9 cm³/mol. The Morgan fingerprint density at radius 2 is 1.95 bits per heavy atom. The summed E-state index contributed by atoms with van der Waals surface area (Å²) in [5.74, 6) is 0. The van der Waals surface area contributed by atoms with Gasteiger partial charge in [0.15, 0.2) is 0 Å². The molecular formula is C16H25NO2S. The SMILES string of the molecule is COC1(c2nc3c(s2)C(O)CC(C)(C)C3)CCCCC1. The molecule has 0 bridgehead atoms. The van der Waals surface area contributed by atoms with Crippen LogP contribution in [0.4, 0.5) is 0 Å². The summed E-state index contributed by atoms with van der Waals surface area (Å²) in [6.45, 7) is 4.43. The van der Waals surface area contributed by atoms with Crippen molar-refractivity contribution in [2.24, 2.45) is 5.41 Å². The van der Waals surface area contributed by atoms with E-state index in [1.54, 1.807) is 11.3 Å². The third-order valence-electron chi connectivity index (χ3n) is 4.86. The van der Waals surface area contributed by atoms with E-state index in [-0.39, 0.29) is 17.1 Å². The monoisotopic (exact) mass is 295 g/mol. The van der Waals surface area contributed by atoms with Crippen molar-refractivity contribution in [2.75, 3.05) is 7.11 Å². The summed E-state index contributed by atoms with van der Waals surface area (Å²) >= 11 is 1.69. The molecule has 1 aromatic heterocycles. The minimum atomic E-state index is -0.350. The lowest BCUT2D eigenvalue weighted by Gasteiger charge is -2.34. The number of rotatable bonds is 2. The molecule has 3 rings (SSSR count). The van der Waals surface area contributed by atoms with E-state index in [9.17, 15) is 5.11 Å². The first kappa shape index (κ1) is 14.5. The average molecular weight is 295 g/mol. The Kier molecular flexibility index (Phi) is 3.68. The molecule has 4 heteroatoms. The van der Waals surface area contributed by atoms with E-state index in [0.29, 0.717) is 0 Å². The average Bonchev–Trinajstić information content (AvgIpc) is 2.82. The Hall–Kier alpha value is -0.450. The second-order valence-corrected chi connectivity index (χ2v) is 8.18. The standard InChI is InChI=1S/C16H25NO2S/c1-15(2)9-11-13(12(18)10-15)20-14(17-11)16(19-3)7-5-4-6-8-16/h12,18H,4-10H2,1-3H3. The summed E-state index contributed by atoms with van der Waals surface area (Å²) in [6, 6.07) is 0. The van der Waals surface area contributed by atoms with Crippen molar-refractivity contribution >= 4 is 11.3 Å². The molecule has 1 atom stereocenters. The highest BCUT2D eigenvalue weighted by Crippen LogP contribution is 2.48. The molecule has 0 radical (unpaired) electrons. The first-order chi connectivity index (χ1) is 9.46. The number of aliphatic hydroxyl groups excluding tert-OH is 1. The first-order valence-corrected chi connectivity index (χ1v) is 8.51. The van der Waals surface area contributed by atoms with E-state index in [1.807, 2.05) is 7.11 Å². The van der Waals surface area contributed by atoms with Crippen LogP contribution in [0.3, 0.4) is 0 Å². The van der Waals surface area contributed by atoms with Crippen LogP contribution in [-0.4, -0.2) is 17.2 Å². The molecule has 20 heavy (non-hydrogen) atoms. The fourth-order valence-corrected chi connectivity index (χ4v) is 5.01. The van der Waals surface area contributed by atoms with Crippen molar-refractivity contribution < 1.29 is 9.84 Å². The Bertz CT molecular complexity index is 489. The van der Waals surface area contributed by atoms with E-state index in [1.165, 1.54) is 19.3 Å². The summed E-state index contributed by atoms with van der Waals surface area (Å²) in [5, 5.41) is 11.5. The van der Waals surface area contributed by atoms with Crippen LogP contribution in [0.25, 0.3) is 0 Å². The Morgan fingerprint density at radius 3 is 2.60 bits per heavy atom. The van der Waals surface area contributed by atoms with Gasteiger partial charge < -0.3 is 9.84 Å². The van der Waals surface area contributed by atoms with Gasteiger partial charge in [0.25, 0.3) is 0 Å². The number of thiazole rings is 1. The van der Waals surface area contributed by atoms with E-state index < -0.39 is 0 Å². The van der Waals surface area contributed by atoms with Gasteiger partial charge in [0.05, 0.1) is 16.7 Å². The molecular weight excluding hydrogens is 270 g/mol. The minimum absolute atomic E-state index is 0.143. The molecule has 2 aliphatic rings. The van der Waals surface area contributed by atoms with Gasteiger partial charge >= 0.3 is 0 Å². The number of aliphatic hydroxyl groups is 1. The molecule has 0 saturated heterocycles. The van der Waals surface area contributed by atoms with Crippen molar-refractivity contribution in [1.82, 2.24) is 4.98 Å². The Labute approximate surface area is 125 Å². The van der Waals surface area contributed by atoms with Crippen molar-refractivity contribution in [3.05, 3.63) is 15.6 Å². The molecule has 0 spiro atoms. The van der Waals surface area contributed by atoms with Gasteiger partial charge in [0, 0.05) is 7.11 Å². The number of nitrogens with zero attached hydrogens (tertiary/aromatic N) is 1. The first-order valence-electron chi connectivity index (χ1n) is 7.69. The van der Waals surface area contributed by atoms with Crippen molar-refractivity contribution in [1.29, 1.82) is 0 Å². The fraction of sp³-hybridized carbons (Fsp3) is 0.812. The molecule has 0 aliphatic heterocycles. The summed E-state index contributed by atoms with van der Waals surface area (Å²) in [7, 11) is 1.81. The number of ether oxygens (including phenoxy) is 1. The number of hydrogen-bond donors (Lipinski definition) is 1. The van der Waals surface area contributed by atoms with Gasteiger partial charge in [-0.1, -0.05) is 33.1 Å². The fourth-order valence-electron chi connectivity index (χ4n) is 3.72. The smallest absolute Gasteiger partial charge is 0.125 e. The van der Waals surface area contributed by atoms with Crippen LogP contribution in [0.5, 0.6) is 0 Å². The van der Waals surface area contributed by atoms with Crippen LogP contribution in [0.2, 0.25) is 0 Å². The van der Waals surface area contributed by atoms with Crippen LogP contribution >= 0.6 is 11.3 Å². The molecule has 1 N–H and O–H groups in total. The largest absolute Gasteiger partial charge is 0.387 e. The zero-order valence-corrected chi connectivity index (χ0v) is 13.6. The van der Waals surface area contributed by atoms with E-state index >= 15 is 0 Å². The quantitative estimate of drug-likeness (QED) is 0.898. The van der Waals surface area contributed by atoms with Gasteiger partial charge in [-0.2, -0.15) is 0 Å². The Morgan fingerprint density at radius 1 is 1.25 bits per heavy atom. The molecule has 2 aliphatic carbocycles. The van der Waals surface area contributed by atoms with Gasteiger partial charge in [-0.15, -0.1) is 11.3 Å². The number of aromatic nitrogens is 1.